The van der Waals surface area contributed by atoms with Gasteiger partial charge in [-0.25, -0.2) is 9.67 Å². The molecule has 1 saturated heterocycles. The average Bonchev–Trinajstić information content (AvgIpc) is 3.17. The van der Waals surface area contributed by atoms with Gasteiger partial charge in [0.15, 0.2) is 0 Å². The Hall–Kier alpha value is -1.43. The van der Waals surface area contributed by atoms with Crippen LogP contribution in [-0.4, -0.2) is 51.2 Å². The highest BCUT2D eigenvalue weighted by atomic mass is 16.1. The first kappa shape index (κ1) is 16.4. The van der Waals surface area contributed by atoms with Crippen LogP contribution in [0.3, 0.4) is 0 Å². The maximum absolute atomic E-state index is 12.5. The van der Waals surface area contributed by atoms with Crippen LogP contribution in [0.2, 0.25) is 0 Å². The molecule has 1 aliphatic heterocycles. The number of nitrogens with one attached hydrogen (secondary N) is 1. The molecule has 1 aromatic rings. The largest absolute Gasteiger partial charge is 0.354 e. The molecule has 2 heterocycles. The fourth-order valence-electron chi connectivity index (χ4n) is 4.02. The smallest absolute Gasteiger partial charge is 0.224 e. The van der Waals surface area contributed by atoms with Gasteiger partial charge in [-0.2, -0.15) is 5.10 Å². The van der Waals surface area contributed by atoms with E-state index in [-0.39, 0.29) is 11.8 Å². The van der Waals surface area contributed by atoms with Crippen molar-refractivity contribution in [1.82, 2.24) is 25.0 Å². The molecule has 1 amide bonds. The van der Waals surface area contributed by atoms with E-state index < -0.39 is 0 Å². The number of hydrogen-bond donors (Lipinski definition) is 1. The molecule has 1 atom stereocenters. The zero-order valence-corrected chi connectivity index (χ0v) is 14.4. The third-order valence-corrected chi connectivity index (χ3v) is 5.25. The Bertz CT molecular complexity index is 535. The second-order valence-corrected chi connectivity index (χ2v) is 6.99. The predicted molar refractivity (Wildman–Crippen MR) is 89.1 cm³/mol. The van der Waals surface area contributed by atoms with E-state index in [0.29, 0.717) is 13.1 Å². The summed E-state index contributed by atoms with van der Waals surface area (Å²) in [6.45, 7) is 7.27. The third kappa shape index (κ3) is 4.10. The second kappa shape index (κ2) is 7.43. The molecule has 0 bridgehead atoms. The molecule has 0 aromatic carbocycles. The molecule has 1 saturated carbocycles. The monoisotopic (exact) mass is 319 g/mol. The maximum atomic E-state index is 12.5. The lowest BCUT2D eigenvalue weighted by Crippen LogP contribution is -2.46. The van der Waals surface area contributed by atoms with Gasteiger partial charge in [0.25, 0.3) is 0 Å². The van der Waals surface area contributed by atoms with Gasteiger partial charge < -0.3 is 5.32 Å². The number of rotatable bonds is 5. The Labute approximate surface area is 138 Å². The highest BCUT2D eigenvalue weighted by Crippen LogP contribution is 2.27. The minimum atomic E-state index is 0.155. The number of amides is 1. The van der Waals surface area contributed by atoms with Crippen molar-refractivity contribution in [3.8, 4) is 0 Å². The second-order valence-electron chi connectivity index (χ2n) is 6.99. The van der Waals surface area contributed by atoms with E-state index in [1.54, 1.807) is 0 Å². The zero-order valence-electron chi connectivity index (χ0n) is 14.4. The van der Waals surface area contributed by atoms with E-state index in [1.807, 2.05) is 18.5 Å². The molecule has 0 spiro atoms. The number of aromatic nitrogens is 3. The van der Waals surface area contributed by atoms with Crippen molar-refractivity contribution in [1.29, 1.82) is 0 Å². The molecule has 2 fully saturated rings. The van der Waals surface area contributed by atoms with Gasteiger partial charge in [0, 0.05) is 19.1 Å². The van der Waals surface area contributed by atoms with E-state index in [0.717, 1.165) is 37.1 Å². The van der Waals surface area contributed by atoms with Crippen molar-refractivity contribution in [2.24, 2.45) is 5.92 Å². The maximum Gasteiger partial charge on any atom is 0.224 e. The Balaban J connectivity index is 1.45. The molecular formula is C17H29N5O. The number of aryl methyl sites for hydroxylation is 2. The molecule has 6 heteroatoms. The number of nitrogens with zero attached hydrogens (tertiary/aromatic N) is 4. The number of piperidine rings is 1. The quantitative estimate of drug-likeness (QED) is 0.897. The molecule has 3 rings (SSSR count). The molecule has 23 heavy (non-hydrogen) atoms. The molecule has 0 unspecified atom stereocenters. The molecule has 2 aliphatic rings. The summed E-state index contributed by atoms with van der Waals surface area (Å²) in [7, 11) is 0. The van der Waals surface area contributed by atoms with Gasteiger partial charge in [-0.1, -0.05) is 12.8 Å². The van der Waals surface area contributed by atoms with Crippen LogP contribution < -0.4 is 5.32 Å². The summed E-state index contributed by atoms with van der Waals surface area (Å²) in [5.74, 6) is 2.06. The van der Waals surface area contributed by atoms with Gasteiger partial charge in [-0.05, 0) is 46.1 Å². The summed E-state index contributed by atoms with van der Waals surface area (Å²) < 4.78 is 1.86. The highest BCUT2D eigenvalue weighted by Gasteiger charge is 2.30. The molecule has 6 nitrogen and oxygen atoms in total. The minimum absolute atomic E-state index is 0.155. The summed E-state index contributed by atoms with van der Waals surface area (Å²) in [5, 5.41) is 7.42. The van der Waals surface area contributed by atoms with Crippen molar-refractivity contribution in [2.75, 3.05) is 19.6 Å². The summed E-state index contributed by atoms with van der Waals surface area (Å²) in [6.07, 6.45) is 7.52. The molecule has 1 N–H and O–H groups in total. The van der Waals surface area contributed by atoms with Crippen molar-refractivity contribution in [3.63, 3.8) is 0 Å². The SMILES string of the molecule is Cc1nc(C)n(CCNC(=O)[C@@H]2CCCN(C3CCCC3)C2)n1. The van der Waals surface area contributed by atoms with Crippen LogP contribution in [0.25, 0.3) is 0 Å². The first-order chi connectivity index (χ1) is 11.1. The van der Waals surface area contributed by atoms with Crippen molar-refractivity contribution in [3.05, 3.63) is 11.6 Å². The van der Waals surface area contributed by atoms with Gasteiger partial charge in [-0.15, -0.1) is 0 Å². The van der Waals surface area contributed by atoms with Crippen LogP contribution in [0.4, 0.5) is 0 Å². The third-order valence-electron chi connectivity index (χ3n) is 5.25. The minimum Gasteiger partial charge on any atom is -0.354 e. The average molecular weight is 319 g/mol. The van der Waals surface area contributed by atoms with Gasteiger partial charge in [0.1, 0.15) is 11.6 Å². The molecule has 0 radical (unpaired) electrons. The van der Waals surface area contributed by atoms with Crippen molar-refractivity contribution < 1.29 is 4.79 Å². The van der Waals surface area contributed by atoms with Crippen LogP contribution in [-0.2, 0) is 11.3 Å². The Kier molecular flexibility index (Phi) is 5.30. The van der Waals surface area contributed by atoms with E-state index in [1.165, 1.54) is 32.2 Å². The highest BCUT2D eigenvalue weighted by molar-refractivity contribution is 5.78. The van der Waals surface area contributed by atoms with Gasteiger partial charge >= 0.3 is 0 Å². The van der Waals surface area contributed by atoms with Crippen molar-refractivity contribution in [2.45, 2.75) is 65.0 Å². The number of likely N-dealkylation sites (tertiary alicyclic amines) is 1. The summed E-state index contributed by atoms with van der Waals surface area (Å²) in [4.78, 5) is 19.3. The molecule has 1 aromatic heterocycles. The van der Waals surface area contributed by atoms with Gasteiger partial charge in [-0.3, -0.25) is 9.69 Å². The number of carbonyl (C=O) groups excluding carboxylic acids is 1. The van der Waals surface area contributed by atoms with Gasteiger partial charge in [0.05, 0.1) is 12.5 Å². The lowest BCUT2D eigenvalue weighted by molar-refractivity contribution is -0.127. The number of hydrogen-bond acceptors (Lipinski definition) is 4. The van der Waals surface area contributed by atoms with Crippen LogP contribution >= 0.6 is 0 Å². The van der Waals surface area contributed by atoms with Crippen molar-refractivity contribution >= 4 is 5.91 Å². The first-order valence-electron chi connectivity index (χ1n) is 9.03. The Morgan fingerprint density at radius 1 is 1.22 bits per heavy atom. The van der Waals surface area contributed by atoms with E-state index in [2.05, 4.69) is 20.3 Å². The molecular weight excluding hydrogens is 290 g/mol. The van der Waals surface area contributed by atoms with Gasteiger partial charge in [0.2, 0.25) is 5.91 Å². The zero-order chi connectivity index (χ0) is 16.2. The lowest BCUT2D eigenvalue weighted by Gasteiger charge is -2.36. The Morgan fingerprint density at radius 3 is 2.70 bits per heavy atom. The summed E-state index contributed by atoms with van der Waals surface area (Å²) in [6, 6.07) is 0.728. The van der Waals surface area contributed by atoms with E-state index in [9.17, 15) is 4.79 Å². The van der Waals surface area contributed by atoms with Crippen LogP contribution in [0.1, 0.15) is 50.2 Å². The normalized spacial score (nSPS) is 23.3. The molecule has 1 aliphatic carbocycles. The summed E-state index contributed by atoms with van der Waals surface area (Å²) >= 11 is 0. The summed E-state index contributed by atoms with van der Waals surface area (Å²) in [5.41, 5.74) is 0. The topological polar surface area (TPSA) is 63.1 Å². The van der Waals surface area contributed by atoms with Crippen LogP contribution in [0.15, 0.2) is 0 Å². The lowest BCUT2D eigenvalue weighted by atomic mass is 9.95. The standard InChI is InChI=1S/C17H29N5O/c1-13-19-14(2)22(20-13)11-9-18-17(23)15-6-5-10-21(12-15)16-7-3-4-8-16/h15-16H,3-12H2,1-2H3,(H,18,23)/t15-/m1/s1. The fraction of sp³-hybridized carbons (Fsp3) is 0.824. The Morgan fingerprint density at radius 2 is 2.00 bits per heavy atom. The van der Waals surface area contributed by atoms with Crippen LogP contribution in [0, 0.1) is 19.8 Å². The van der Waals surface area contributed by atoms with E-state index in [4.69, 9.17) is 0 Å². The predicted octanol–water partition coefficient (Wildman–Crippen LogP) is 1.67. The fourth-order valence-corrected chi connectivity index (χ4v) is 4.02. The van der Waals surface area contributed by atoms with Crippen LogP contribution in [0.5, 0.6) is 0 Å². The van der Waals surface area contributed by atoms with E-state index >= 15 is 0 Å². The molecule has 128 valence electrons. The number of carbonyl (C=O) groups is 1. The first-order valence-corrected chi connectivity index (χ1v) is 9.03.